The van der Waals surface area contributed by atoms with Crippen LogP contribution in [0.2, 0.25) is 0 Å². The summed E-state index contributed by atoms with van der Waals surface area (Å²) in [6, 6.07) is 13.5. The van der Waals surface area contributed by atoms with Gasteiger partial charge in [0.05, 0.1) is 19.6 Å². The molecule has 3 aromatic rings. The molecule has 0 saturated heterocycles. The molecular formula is C19H16O6. The Kier molecular flexibility index (Phi) is 4.70. The average molecular weight is 340 g/mol. The molecule has 6 heteroatoms. The molecule has 0 bridgehead atoms. The van der Waals surface area contributed by atoms with Crippen LogP contribution in [0, 0.1) is 0 Å². The molecule has 0 unspecified atom stereocenters. The molecule has 0 aliphatic heterocycles. The molecule has 3 rings (SSSR count). The van der Waals surface area contributed by atoms with Gasteiger partial charge in [0.25, 0.3) is 0 Å². The van der Waals surface area contributed by atoms with Gasteiger partial charge in [-0.05, 0) is 42.5 Å². The molecule has 0 aliphatic rings. The fourth-order valence-corrected chi connectivity index (χ4v) is 2.32. The first-order valence-electron chi connectivity index (χ1n) is 7.52. The summed E-state index contributed by atoms with van der Waals surface area (Å²) < 4.78 is 20.7. The molecule has 6 nitrogen and oxygen atoms in total. The van der Waals surface area contributed by atoms with Crippen LogP contribution in [-0.2, 0) is 9.53 Å². The first-order valence-corrected chi connectivity index (χ1v) is 7.52. The smallest absolute Gasteiger partial charge is 0.343 e. The monoisotopic (exact) mass is 340 g/mol. The Balaban J connectivity index is 1.94. The second kappa shape index (κ2) is 7.09. The van der Waals surface area contributed by atoms with Crippen LogP contribution in [0.4, 0.5) is 0 Å². The fourth-order valence-electron chi connectivity index (χ4n) is 2.32. The third-order valence-electron chi connectivity index (χ3n) is 3.66. The van der Waals surface area contributed by atoms with Gasteiger partial charge in [0.15, 0.2) is 12.0 Å². The van der Waals surface area contributed by atoms with E-state index in [9.17, 15) is 9.59 Å². The number of hydrogen-bond donors (Lipinski definition) is 0. The molecule has 0 N–H and O–H groups in total. The molecule has 0 amide bonds. The molecule has 0 fully saturated rings. The highest BCUT2D eigenvalue weighted by Gasteiger charge is 2.09. The lowest BCUT2D eigenvalue weighted by atomic mass is 10.1. The van der Waals surface area contributed by atoms with Gasteiger partial charge >= 0.3 is 5.97 Å². The summed E-state index contributed by atoms with van der Waals surface area (Å²) in [7, 11) is 2.87. The van der Waals surface area contributed by atoms with Crippen LogP contribution in [0.5, 0.6) is 11.5 Å². The van der Waals surface area contributed by atoms with Crippen molar-refractivity contribution in [3.8, 4) is 22.8 Å². The van der Waals surface area contributed by atoms with E-state index >= 15 is 0 Å². The summed E-state index contributed by atoms with van der Waals surface area (Å²) in [5, 5.41) is 0.375. The summed E-state index contributed by atoms with van der Waals surface area (Å²) in [5.74, 6) is 1.08. The van der Waals surface area contributed by atoms with E-state index in [2.05, 4.69) is 4.74 Å². The second-order valence-corrected chi connectivity index (χ2v) is 5.23. The lowest BCUT2D eigenvalue weighted by Crippen LogP contribution is -2.12. The lowest BCUT2D eigenvalue weighted by molar-refractivity contribution is -0.142. The highest BCUT2D eigenvalue weighted by Crippen LogP contribution is 2.26. The van der Waals surface area contributed by atoms with E-state index in [4.69, 9.17) is 13.9 Å². The zero-order valence-corrected chi connectivity index (χ0v) is 13.8. The number of benzene rings is 2. The van der Waals surface area contributed by atoms with Crippen LogP contribution in [0.1, 0.15) is 0 Å². The first-order chi connectivity index (χ1) is 12.1. The minimum absolute atomic E-state index is 0.199. The quantitative estimate of drug-likeness (QED) is 0.665. The number of hydrogen-bond acceptors (Lipinski definition) is 6. The van der Waals surface area contributed by atoms with Crippen LogP contribution in [0.15, 0.2) is 57.7 Å². The number of methoxy groups -OCH3 is 2. The van der Waals surface area contributed by atoms with E-state index in [1.165, 1.54) is 13.2 Å². The van der Waals surface area contributed by atoms with Gasteiger partial charge in [-0.15, -0.1) is 0 Å². The van der Waals surface area contributed by atoms with Gasteiger partial charge in [-0.3, -0.25) is 4.79 Å². The molecule has 0 aliphatic carbocycles. The Hall–Kier alpha value is -3.28. The maximum atomic E-state index is 12.4. The van der Waals surface area contributed by atoms with E-state index < -0.39 is 5.97 Å². The van der Waals surface area contributed by atoms with Crippen LogP contribution in [0.25, 0.3) is 22.3 Å². The Morgan fingerprint density at radius 3 is 2.40 bits per heavy atom. The van der Waals surface area contributed by atoms with Crippen molar-refractivity contribution in [2.24, 2.45) is 0 Å². The largest absolute Gasteiger partial charge is 0.497 e. The van der Waals surface area contributed by atoms with E-state index in [-0.39, 0.29) is 12.0 Å². The fraction of sp³-hybridized carbons (Fsp3) is 0.158. The summed E-state index contributed by atoms with van der Waals surface area (Å²) in [6.07, 6.45) is 0. The van der Waals surface area contributed by atoms with Crippen molar-refractivity contribution < 1.29 is 23.4 Å². The van der Waals surface area contributed by atoms with Crippen LogP contribution < -0.4 is 14.9 Å². The lowest BCUT2D eigenvalue weighted by Gasteiger charge is -2.07. The van der Waals surface area contributed by atoms with Gasteiger partial charge in [-0.2, -0.15) is 0 Å². The molecule has 128 valence electrons. The summed E-state index contributed by atoms with van der Waals surface area (Å²) in [5.41, 5.74) is 1.00. The number of fused-ring (bicyclic) bond motifs is 1. The van der Waals surface area contributed by atoms with E-state index in [1.807, 2.05) is 12.1 Å². The predicted molar refractivity (Wildman–Crippen MR) is 92.0 cm³/mol. The van der Waals surface area contributed by atoms with Crippen molar-refractivity contribution >= 4 is 16.9 Å². The SMILES string of the molecule is COC(=O)COc1ccc2oc(-c3ccc(OC)cc3)cc(=O)c2c1. The van der Waals surface area contributed by atoms with Crippen molar-refractivity contribution in [3.05, 3.63) is 58.8 Å². The van der Waals surface area contributed by atoms with Crippen LogP contribution in [0.3, 0.4) is 0 Å². The van der Waals surface area contributed by atoms with Crippen molar-refractivity contribution in [2.75, 3.05) is 20.8 Å². The molecule has 0 atom stereocenters. The van der Waals surface area contributed by atoms with Crippen molar-refractivity contribution in [1.29, 1.82) is 0 Å². The highest BCUT2D eigenvalue weighted by molar-refractivity contribution is 5.80. The number of ether oxygens (including phenoxy) is 3. The van der Waals surface area contributed by atoms with Crippen molar-refractivity contribution in [3.63, 3.8) is 0 Å². The molecule has 1 aromatic heterocycles. The number of esters is 1. The van der Waals surface area contributed by atoms with Gasteiger partial charge in [0.1, 0.15) is 22.8 Å². The number of carbonyl (C=O) groups is 1. The normalized spacial score (nSPS) is 10.5. The maximum Gasteiger partial charge on any atom is 0.343 e. The number of rotatable bonds is 5. The Labute approximate surface area is 143 Å². The van der Waals surface area contributed by atoms with E-state index in [0.717, 1.165) is 11.3 Å². The summed E-state index contributed by atoms with van der Waals surface area (Å²) in [4.78, 5) is 23.5. The third kappa shape index (κ3) is 3.63. The zero-order valence-electron chi connectivity index (χ0n) is 13.8. The second-order valence-electron chi connectivity index (χ2n) is 5.23. The number of carbonyl (C=O) groups excluding carboxylic acids is 1. The minimum Gasteiger partial charge on any atom is -0.497 e. The van der Waals surface area contributed by atoms with Crippen LogP contribution in [-0.4, -0.2) is 26.8 Å². The topological polar surface area (TPSA) is 75.0 Å². The average Bonchev–Trinajstić information content (AvgIpc) is 2.66. The molecule has 25 heavy (non-hydrogen) atoms. The van der Waals surface area contributed by atoms with E-state index in [0.29, 0.717) is 22.5 Å². The predicted octanol–water partition coefficient (Wildman–Crippen LogP) is 3.02. The summed E-state index contributed by atoms with van der Waals surface area (Å²) >= 11 is 0. The molecule has 1 heterocycles. The van der Waals surface area contributed by atoms with Crippen LogP contribution >= 0.6 is 0 Å². The van der Waals surface area contributed by atoms with Gasteiger partial charge in [-0.1, -0.05) is 0 Å². The molecule has 0 radical (unpaired) electrons. The maximum absolute atomic E-state index is 12.4. The molecular weight excluding hydrogens is 324 g/mol. The third-order valence-corrected chi connectivity index (χ3v) is 3.66. The van der Waals surface area contributed by atoms with Gasteiger partial charge in [0.2, 0.25) is 0 Å². The van der Waals surface area contributed by atoms with Gasteiger partial charge in [-0.25, -0.2) is 4.79 Å². The Morgan fingerprint density at radius 1 is 1.00 bits per heavy atom. The Morgan fingerprint density at radius 2 is 1.72 bits per heavy atom. The van der Waals surface area contributed by atoms with Gasteiger partial charge in [0, 0.05) is 11.6 Å². The van der Waals surface area contributed by atoms with Crippen molar-refractivity contribution in [2.45, 2.75) is 0 Å². The van der Waals surface area contributed by atoms with Gasteiger partial charge < -0.3 is 18.6 Å². The minimum atomic E-state index is -0.498. The standard InChI is InChI=1S/C19H16O6/c1-22-13-5-3-12(4-6-13)18-10-16(20)15-9-14(7-8-17(15)25-18)24-11-19(21)23-2/h3-10H,11H2,1-2H3. The first kappa shape index (κ1) is 16.6. The zero-order chi connectivity index (χ0) is 17.8. The van der Waals surface area contributed by atoms with E-state index in [1.54, 1.807) is 37.4 Å². The molecule has 2 aromatic carbocycles. The highest BCUT2D eigenvalue weighted by atomic mass is 16.6. The summed E-state index contributed by atoms with van der Waals surface area (Å²) in [6.45, 7) is -0.225. The van der Waals surface area contributed by atoms with Crippen molar-refractivity contribution in [1.82, 2.24) is 0 Å². The molecule has 0 spiro atoms. The Bertz CT molecular complexity index is 956. The molecule has 0 saturated carbocycles.